The highest BCUT2D eigenvalue weighted by atomic mass is 35.5. The van der Waals surface area contributed by atoms with Crippen molar-refractivity contribution >= 4 is 40.3 Å². The van der Waals surface area contributed by atoms with E-state index in [0.717, 1.165) is 5.56 Å². The van der Waals surface area contributed by atoms with Crippen LogP contribution in [-0.4, -0.2) is 22.0 Å². The van der Waals surface area contributed by atoms with Crippen LogP contribution in [0.5, 0.6) is 0 Å². The smallest absolute Gasteiger partial charge is 0.241 e. The molecule has 0 saturated heterocycles. The number of thioether (sulfide) groups is 1. The van der Waals surface area contributed by atoms with E-state index in [1.807, 2.05) is 12.1 Å². The zero-order chi connectivity index (χ0) is 14.0. The molecular weight excluding hydrogens is 286 g/mol. The summed E-state index contributed by atoms with van der Waals surface area (Å²) in [6.07, 6.45) is 0. The molecule has 1 aliphatic heterocycles. The molecule has 0 unspecified atom stereocenters. The van der Waals surface area contributed by atoms with E-state index in [9.17, 15) is 9.59 Å². The molecule has 7 heteroatoms. The summed E-state index contributed by atoms with van der Waals surface area (Å²) in [5.41, 5.74) is 0.897. The Kier molecular flexibility index (Phi) is 4.11. The van der Waals surface area contributed by atoms with Crippen LogP contribution in [-0.2, 0) is 9.59 Å². The molecule has 0 spiro atoms. The lowest BCUT2D eigenvalue weighted by Crippen LogP contribution is -2.25. The van der Waals surface area contributed by atoms with E-state index < -0.39 is 0 Å². The van der Waals surface area contributed by atoms with Gasteiger partial charge in [-0.25, -0.2) is 5.01 Å². The molecule has 2 rings (SSSR count). The van der Waals surface area contributed by atoms with Gasteiger partial charge >= 0.3 is 0 Å². The standard InChI is InChI=1S/C12H12ClN3O2S/c1-7(17)14-12-15-16(8(2)18)11(19-12)9-3-5-10(13)6-4-9/h3-6,11H,1-2H3,(H,14,15,17)/t11-/m1/s1. The van der Waals surface area contributed by atoms with E-state index in [2.05, 4.69) is 10.4 Å². The number of benzene rings is 1. The van der Waals surface area contributed by atoms with Crippen molar-refractivity contribution in [1.29, 1.82) is 0 Å². The number of nitrogens with one attached hydrogen (secondary N) is 1. The number of carbonyl (C=O) groups is 2. The summed E-state index contributed by atoms with van der Waals surface area (Å²) in [5, 5.41) is 8.81. The van der Waals surface area contributed by atoms with Gasteiger partial charge in [0.1, 0.15) is 5.37 Å². The summed E-state index contributed by atoms with van der Waals surface area (Å²) in [4.78, 5) is 22.6. The second kappa shape index (κ2) is 5.63. The third-order valence-corrected chi connectivity index (χ3v) is 3.76. The quantitative estimate of drug-likeness (QED) is 0.865. The van der Waals surface area contributed by atoms with Crippen LogP contribution in [0.15, 0.2) is 29.4 Å². The molecule has 5 nitrogen and oxygen atoms in total. The number of nitrogens with zero attached hydrogens (tertiary/aromatic N) is 2. The zero-order valence-electron chi connectivity index (χ0n) is 10.4. The summed E-state index contributed by atoms with van der Waals surface area (Å²) in [6, 6.07) is 7.18. The first-order valence-corrected chi connectivity index (χ1v) is 6.81. The van der Waals surface area contributed by atoms with Crippen molar-refractivity contribution in [2.24, 2.45) is 5.10 Å². The first-order chi connectivity index (χ1) is 8.97. The van der Waals surface area contributed by atoms with Crippen LogP contribution in [0, 0.1) is 0 Å². The molecule has 1 aromatic rings. The number of rotatable bonds is 1. The van der Waals surface area contributed by atoms with Gasteiger partial charge in [0.15, 0.2) is 5.17 Å². The van der Waals surface area contributed by atoms with Crippen LogP contribution in [0.2, 0.25) is 5.02 Å². The van der Waals surface area contributed by atoms with Gasteiger partial charge in [0.05, 0.1) is 0 Å². The third kappa shape index (κ3) is 3.27. The number of hydrogen-bond acceptors (Lipinski definition) is 4. The van der Waals surface area contributed by atoms with E-state index in [4.69, 9.17) is 11.6 Å². The Balaban J connectivity index is 2.24. The van der Waals surface area contributed by atoms with E-state index in [1.165, 1.54) is 30.6 Å². The normalized spacial score (nSPS) is 18.2. The molecule has 2 amide bonds. The van der Waals surface area contributed by atoms with Crippen molar-refractivity contribution in [2.75, 3.05) is 0 Å². The van der Waals surface area contributed by atoms with E-state index in [1.54, 1.807) is 12.1 Å². The largest absolute Gasteiger partial charge is 0.304 e. The number of hydrogen-bond donors (Lipinski definition) is 1. The maximum Gasteiger partial charge on any atom is 0.241 e. The Bertz CT molecular complexity index is 544. The van der Waals surface area contributed by atoms with Gasteiger partial charge in [-0.05, 0) is 17.7 Å². The van der Waals surface area contributed by atoms with Crippen LogP contribution in [0.3, 0.4) is 0 Å². The summed E-state index contributed by atoms with van der Waals surface area (Å²) >= 11 is 7.16. The molecule has 1 aliphatic rings. The minimum Gasteiger partial charge on any atom is -0.304 e. The van der Waals surface area contributed by atoms with Crippen molar-refractivity contribution in [3.8, 4) is 0 Å². The maximum atomic E-state index is 11.6. The first-order valence-electron chi connectivity index (χ1n) is 5.55. The van der Waals surface area contributed by atoms with Crippen molar-refractivity contribution in [2.45, 2.75) is 19.2 Å². The molecule has 19 heavy (non-hydrogen) atoms. The van der Waals surface area contributed by atoms with Crippen LogP contribution in [0.4, 0.5) is 0 Å². The van der Waals surface area contributed by atoms with Crippen molar-refractivity contribution < 1.29 is 9.59 Å². The fourth-order valence-electron chi connectivity index (χ4n) is 1.61. The van der Waals surface area contributed by atoms with E-state index >= 15 is 0 Å². The Labute approximate surface area is 120 Å². The van der Waals surface area contributed by atoms with Gasteiger partial charge in [-0.1, -0.05) is 35.5 Å². The lowest BCUT2D eigenvalue weighted by molar-refractivity contribution is -0.129. The maximum absolute atomic E-state index is 11.6. The Morgan fingerprint density at radius 2 is 1.95 bits per heavy atom. The van der Waals surface area contributed by atoms with E-state index in [0.29, 0.717) is 10.2 Å². The van der Waals surface area contributed by atoms with Crippen LogP contribution < -0.4 is 5.32 Å². The zero-order valence-corrected chi connectivity index (χ0v) is 12.0. The molecule has 1 aromatic carbocycles. The summed E-state index contributed by atoms with van der Waals surface area (Å²) < 4.78 is 0. The van der Waals surface area contributed by atoms with Gasteiger partial charge in [-0.2, -0.15) is 0 Å². The predicted octanol–water partition coefficient (Wildman–Crippen LogP) is 2.34. The van der Waals surface area contributed by atoms with Crippen LogP contribution in [0.1, 0.15) is 24.8 Å². The predicted molar refractivity (Wildman–Crippen MR) is 75.6 cm³/mol. The third-order valence-electron chi connectivity index (χ3n) is 2.40. The molecule has 1 N–H and O–H groups in total. The topological polar surface area (TPSA) is 61.8 Å². The monoisotopic (exact) mass is 297 g/mol. The van der Waals surface area contributed by atoms with Gasteiger partial charge in [-0.3, -0.25) is 9.59 Å². The SMILES string of the molecule is CC(=O)NC1=NN(C(C)=O)[C@@H](c2ccc(Cl)cc2)S1. The molecule has 0 fully saturated rings. The fourth-order valence-corrected chi connectivity index (χ4v) is 2.87. The second-order valence-corrected chi connectivity index (χ2v) is 5.48. The summed E-state index contributed by atoms with van der Waals surface area (Å²) in [6.45, 7) is 2.83. The molecule has 100 valence electrons. The average Bonchev–Trinajstić information content (AvgIpc) is 2.73. The Morgan fingerprint density at radius 3 is 2.47 bits per heavy atom. The molecular formula is C12H12ClN3O2S. The van der Waals surface area contributed by atoms with Gasteiger partial charge in [0.25, 0.3) is 0 Å². The molecule has 0 bridgehead atoms. The van der Waals surface area contributed by atoms with Crippen molar-refractivity contribution in [1.82, 2.24) is 10.3 Å². The molecule has 0 saturated carbocycles. The Hall–Kier alpha value is -1.53. The van der Waals surface area contributed by atoms with Crippen LogP contribution >= 0.6 is 23.4 Å². The average molecular weight is 298 g/mol. The van der Waals surface area contributed by atoms with E-state index in [-0.39, 0.29) is 17.2 Å². The minimum atomic E-state index is -0.281. The van der Waals surface area contributed by atoms with Crippen LogP contribution in [0.25, 0.3) is 0 Å². The van der Waals surface area contributed by atoms with Crippen molar-refractivity contribution in [3.05, 3.63) is 34.9 Å². The number of amidine groups is 1. The molecule has 1 atom stereocenters. The highest BCUT2D eigenvalue weighted by Gasteiger charge is 2.32. The lowest BCUT2D eigenvalue weighted by atomic mass is 10.2. The molecule has 0 aromatic heterocycles. The minimum absolute atomic E-state index is 0.187. The summed E-state index contributed by atoms with van der Waals surface area (Å²) in [7, 11) is 0. The highest BCUT2D eigenvalue weighted by Crippen LogP contribution is 2.38. The van der Waals surface area contributed by atoms with Gasteiger partial charge < -0.3 is 5.32 Å². The van der Waals surface area contributed by atoms with Gasteiger partial charge in [0.2, 0.25) is 11.8 Å². The second-order valence-electron chi connectivity index (χ2n) is 3.97. The highest BCUT2D eigenvalue weighted by molar-refractivity contribution is 8.14. The van der Waals surface area contributed by atoms with Crippen molar-refractivity contribution in [3.63, 3.8) is 0 Å². The van der Waals surface area contributed by atoms with Gasteiger partial charge in [-0.15, -0.1) is 5.10 Å². The number of halogens is 1. The Morgan fingerprint density at radius 1 is 1.32 bits per heavy atom. The first kappa shape index (κ1) is 13.9. The number of carbonyl (C=O) groups excluding carboxylic acids is 2. The lowest BCUT2D eigenvalue weighted by Gasteiger charge is -2.19. The summed E-state index contributed by atoms with van der Waals surface area (Å²) in [5.74, 6) is -0.403. The molecule has 0 aliphatic carbocycles. The fraction of sp³-hybridized carbons (Fsp3) is 0.250. The number of hydrazone groups is 1. The molecule has 0 radical (unpaired) electrons. The molecule has 1 heterocycles. The number of amides is 2. The van der Waals surface area contributed by atoms with Gasteiger partial charge in [0, 0.05) is 18.9 Å².